The van der Waals surface area contributed by atoms with Crippen LogP contribution in [0.2, 0.25) is 0 Å². The van der Waals surface area contributed by atoms with Gasteiger partial charge in [-0.15, -0.1) is 0 Å². The third kappa shape index (κ3) is 5.44. The number of phenols is 1. The summed E-state index contributed by atoms with van der Waals surface area (Å²) >= 11 is 0. The van der Waals surface area contributed by atoms with Gasteiger partial charge in [-0.25, -0.2) is 0 Å². The largest absolute Gasteiger partial charge is 0.508 e. The van der Waals surface area contributed by atoms with E-state index in [9.17, 15) is 24.9 Å². The van der Waals surface area contributed by atoms with Gasteiger partial charge in [0, 0.05) is 20.3 Å². The second-order valence-electron chi connectivity index (χ2n) is 5.98. The predicted octanol–water partition coefficient (Wildman–Crippen LogP) is 1.63. The Labute approximate surface area is 144 Å². The second-order valence-corrected chi connectivity index (χ2v) is 5.98. The topological polar surface area (TPSA) is 113 Å². The molecule has 0 bridgehead atoms. The van der Waals surface area contributed by atoms with Crippen LogP contribution in [0.5, 0.6) is 5.75 Å². The van der Waals surface area contributed by atoms with Crippen LogP contribution in [0, 0.1) is 0 Å². The lowest BCUT2D eigenvalue weighted by Gasteiger charge is -2.38. The summed E-state index contributed by atoms with van der Waals surface area (Å²) in [5.74, 6) is -5.44. The molecule has 1 aromatic rings. The summed E-state index contributed by atoms with van der Waals surface area (Å²) in [6.45, 7) is 2.25. The molecule has 2 rings (SSSR count). The molecule has 0 radical (unpaired) electrons. The molecular weight excluding hydrogens is 328 g/mol. The fraction of sp³-hybridized carbons (Fsp3) is 0.333. The van der Waals surface area contributed by atoms with Gasteiger partial charge in [0.1, 0.15) is 5.75 Å². The zero-order valence-corrected chi connectivity index (χ0v) is 13.9. The molecule has 1 aromatic carbocycles. The van der Waals surface area contributed by atoms with E-state index in [-0.39, 0.29) is 12.2 Å². The maximum Gasteiger partial charge on any atom is 0.305 e. The smallest absolute Gasteiger partial charge is 0.305 e. The van der Waals surface area contributed by atoms with Crippen molar-refractivity contribution in [3.05, 3.63) is 47.6 Å². The lowest BCUT2D eigenvalue weighted by atomic mass is 9.88. The number of carbonyl (C=O) groups is 2. The van der Waals surface area contributed by atoms with E-state index in [0.717, 1.165) is 19.4 Å². The number of aliphatic hydroxyl groups is 2. The molecule has 0 saturated heterocycles. The van der Waals surface area contributed by atoms with Crippen LogP contribution in [0.15, 0.2) is 42.0 Å². The maximum atomic E-state index is 11.2. The van der Waals surface area contributed by atoms with E-state index in [4.69, 9.17) is 9.47 Å². The lowest BCUT2D eigenvalue weighted by molar-refractivity contribution is -0.260. The molecule has 2 unspecified atom stereocenters. The SMILES string of the molecule is CC(=O)OC1(O)C=C(C=Cc2ccc(O)cc2)CC(O)(OC(C)=O)C1. The molecule has 0 aromatic heterocycles. The average Bonchev–Trinajstić information content (AvgIpc) is 2.43. The van der Waals surface area contributed by atoms with Crippen molar-refractivity contribution in [2.24, 2.45) is 0 Å². The summed E-state index contributed by atoms with van der Waals surface area (Å²) in [6.07, 6.45) is 4.00. The number of phenolic OH excluding ortho intramolecular Hbond substituents is 1. The van der Waals surface area contributed by atoms with Crippen molar-refractivity contribution in [3.8, 4) is 5.75 Å². The Balaban J connectivity index is 2.30. The maximum absolute atomic E-state index is 11.2. The Morgan fingerprint density at radius 1 is 1.04 bits per heavy atom. The van der Waals surface area contributed by atoms with Gasteiger partial charge >= 0.3 is 11.9 Å². The highest BCUT2D eigenvalue weighted by molar-refractivity contribution is 5.67. The van der Waals surface area contributed by atoms with Gasteiger partial charge in [-0.3, -0.25) is 9.59 Å². The summed E-state index contributed by atoms with van der Waals surface area (Å²) in [6, 6.07) is 6.37. The Bertz CT molecular complexity index is 719. The number of allylic oxidation sites excluding steroid dienone is 1. The Morgan fingerprint density at radius 3 is 2.20 bits per heavy atom. The standard InChI is InChI=1S/C18H20O7/c1-12(19)24-17(22)9-15(10-18(23,11-17)25-13(2)20)4-3-14-5-7-16(21)8-6-14/h3-9,21-23H,10-11H2,1-2H3. The number of aromatic hydroxyl groups is 1. The average molecular weight is 348 g/mol. The van der Waals surface area contributed by atoms with Gasteiger partial charge in [0.15, 0.2) is 0 Å². The molecule has 1 aliphatic rings. The van der Waals surface area contributed by atoms with Crippen molar-refractivity contribution in [1.29, 1.82) is 0 Å². The highest BCUT2D eigenvalue weighted by Crippen LogP contribution is 2.37. The monoisotopic (exact) mass is 348 g/mol. The van der Waals surface area contributed by atoms with Crippen molar-refractivity contribution < 1.29 is 34.4 Å². The van der Waals surface area contributed by atoms with E-state index >= 15 is 0 Å². The first-order valence-electron chi connectivity index (χ1n) is 7.62. The van der Waals surface area contributed by atoms with Crippen LogP contribution in [0.1, 0.15) is 32.3 Å². The quantitative estimate of drug-likeness (QED) is 0.560. The molecular formula is C18H20O7. The van der Waals surface area contributed by atoms with Crippen molar-refractivity contribution in [2.45, 2.75) is 38.3 Å². The third-order valence-corrected chi connectivity index (χ3v) is 3.46. The fourth-order valence-corrected chi connectivity index (χ4v) is 2.72. The lowest BCUT2D eigenvalue weighted by Crippen LogP contribution is -2.48. The van der Waals surface area contributed by atoms with Crippen LogP contribution in [0.4, 0.5) is 0 Å². The molecule has 1 aliphatic carbocycles. The summed E-state index contributed by atoms with van der Waals surface area (Å²) in [7, 11) is 0. The number of esters is 2. The highest BCUT2D eigenvalue weighted by atomic mass is 16.7. The van der Waals surface area contributed by atoms with E-state index in [2.05, 4.69) is 0 Å². The molecule has 25 heavy (non-hydrogen) atoms. The van der Waals surface area contributed by atoms with Crippen LogP contribution in [0.25, 0.3) is 6.08 Å². The first-order valence-corrected chi connectivity index (χ1v) is 7.62. The minimum absolute atomic E-state index is 0.0786. The predicted molar refractivity (Wildman–Crippen MR) is 87.9 cm³/mol. The first kappa shape index (κ1) is 18.7. The number of hydrogen-bond acceptors (Lipinski definition) is 7. The molecule has 2 atom stereocenters. The Kier molecular flexibility index (Phi) is 5.30. The van der Waals surface area contributed by atoms with Gasteiger partial charge < -0.3 is 24.8 Å². The molecule has 0 spiro atoms. The Hall–Kier alpha value is -2.64. The van der Waals surface area contributed by atoms with E-state index in [0.29, 0.717) is 5.57 Å². The summed E-state index contributed by atoms with van der Waals surface area (Å²) in [5, 5.41) is 30.2. The molecule has 0 amide bonds. The minimum Gasteiger partial charge on any atom is -0.508 e. The van der Waals surface area contributed by atoms with E-state index in [1.165, 1.54) is 18.2 Å². The van der Waals surface area contributed by atoms with Crippen LogP contribution >= 0.6 is 0 Å². The normalized spacial score (nSPS) is 26.2. The van der Waals surface area contributed by atoms with Gasteiger partial charge in [0.25, 0.3) is 0 Å². The van der Waals surface area contributed by atoms with Gasteiger partial charge in [0.2, 0.25) is 11.6 Å². The number of rotatable bonds is 4. The number of ether oxygens (including phenoxy) is 2. The van der Waals surface area contributed by atoms with Gasteiger partial charge in [-0.2, -0.15) is 0 Å². The van der Waals surface area contributed by atoms with Crippen LogP contribution in [0.3, 0.4) is 0 Å². The number of benzene rings is 1. The van der Waals surface area contributed by atoms with E-state index in [1.54, 1.807) is 24.3 Å². The van der Waals surface area contributed by atoms with Gasteiger partial charge in [-0.05, 0) is 29.3 Å². The number of hydrogen-bond donors (Lipinski definition) is 3. The molecule has 0 heterocycles. The van der Waals surface area contributed by atoms with E-state index < -0.39 is 29.9 Å². The van der Waals surface area contributed by atoms with Crippen molar-refractivity contribution in [3.63, 3.8) is 0 Å². The molecule has 7 nitrogen and oxygen atoms in total. The zero-order chi connectivity index (χ0) is 18.7. The molecule has 134 valence electrons. The highest BCUT2D eigenvalue weighted by Gasteiger charge is 2.46. The summed E-state index contributed by atoms with van der Waals surface area (Å²) in [4.78, 5) is 22.5. The van der Waals surface area contributed by atoms with Crippen molar-refractivity contribution in [1.82, 2.24) is 0 Å². The van der Waals surface area contributed by atoms with Crippen molar-refractivity contribution in [2.75, 3.05) is 0 Å². The van der Waals surface area contributed by atoms with Gasteiger partial charge in [-0.1, -0.05) is 24.3 Å². The molecule has 0 aliphatic heterocycles. The van der Waals surface area contributed by atoms with Crippen molar-refractivity contribution >= 4 is 18.0 Å². The van der Waals surface area contributed by atoms with Crippen LogP contribution in [-0.4, -0.2) is 38.8 Å². The van der Waals surface area contributed by atoms with E-state index in [1.807, 2.05) is 0 Å². The molecule has 7 heteroatoms. The van der Waals surface area contributed by atoms with Crippen LogP contribution in [-0.2, 0) is 19.1 Å². The Morgan fingerprint density at radius 2 is 1.64 bits per heavy atom. The minimum atomic E-state index is -2.09. The molecule has 0 saturated carbocycles. The third-order valence-electron chi connectivity index (χ3n) is 3.46. The fourth-order valence-electron chi connectivity index (χ4n) is 2.72. The zero-order valence-electron chi connectivity index (χ0n) is 13.9. The molecule has 3 N–H and O–H groups in total. The number of carbonyl (C=O) groups excluding carboxylic acids is 2. The summed E-state index contributed by atoms with van der Waals surface area (Å²) in [5.41, 5.74) is 1.17. The second kappa shape index (κ2) is 7.08. The van der Waals surface area contributed by atoms with Gasteiger partial charge in [0.05, 0.1) is 6.42 Å². The summed E-state index contributed by atoms with van der Waals surface area (Å²) < 4.78 is 9.79. The van der Waals surface area contributed by atoms with Crippen LogP contribution < -0.4 is 0 Å². The first-order chi connectivity index (χ1) is 11.6. The molecule has 0 fully saturated rings.